The summed E-state index contributed by atoms with van der Waals surface area (Å²) in [6.07, 6.45) is 3.37. The fraction of sp³-hybridized carbons (Fsp3) is 0.611. The van der Waals surface area contributed by atoms with Gasteiger partial charge in [-0.25, -0.2) is 4.79 Å². The lowest BCUT2D eigenvalue weighted by Crippen LogP contribution is -2.52. The van der Waals surface area contributed by atoms with E-state index in [2.05, 4.69) is 17.0 Å². The van der Waals surface area contributed by atoms with Gasteiger partial charge in [0.2, 0.25) is 0 Å². The van der Waals surface area contributed by atoms with E-state index in [1.807, 2.05) is 21.9 Å². The largest absolute Gasteiger partial charge is 0.497 e. The predicted octanol–water partition coefficient (Wildman–Crippen LogP) is 2.07. The first kappa shape index (κ1) is 16.1. The molecule has 0 spiro atoms. The van der Waals surface area contributed by atoms with Gasteiger partial charge in [0.25, 0.3) is 0 Å². The van der Waals surface area contributed by atoms with E-state index in [9.17, 15) is 4.79 Å². The van der Waals surface area contributed by atoms with E-state index < -0.39 is 0 Å². The van der Waals surface area contributed by atoms with Crippen molar-refractivity contribution in [1.82, 2.24) is 14.7 Å². The van der Waals surface area contributed by atoms with Crippen LogP contribution in [0.2, 0.25) is 0 Å². The summed E-state index contributed by atoms with van der Waals surface area (Å²) in [5.74, 6) is 0.905. The Balaban J connectivity index is 1.41. The van der Waals surface area contributed by atoms with Crippen LogP contribution in [0, 0.1) is 0 Å². The van der Waals surface area contributed by atoms with Gasteiger partial charge < -0.3 is 14.5 Å². The van der Waals surface area contributed by atoms with E-state index in [1.54, 1.807) is 7.11 Å². The van der Waals surface area contributed by atoms with E-state index in [4.69, 9.17) is 4.74 Å². The van der Waals surface area contributed by atoms with Crippen LogP contribution in [0.15, 0.2) is 24.3 Å². The van der Waals surface area contributed by atoms with Gasteiger partial charge in [0.15, 0.2) is 0 Å². The third-order valence-corrected chi connectivity index (χ3v) is 4.90. The van der Waals surface area contributed by atoms with Crippen LogP contribution in [-0.4, -0.2) is 73.7 Å². The molecule has 1 aromatic carbocycles. The molecule has 0 atom stereocenters. The smallest absolute Gasteiger partial charge is 0.320 e. The van der Waals surface area contributed by atoms with Crippen LogP contribution >= 0.6 is 0 Å². The van der Waals surface area contributed by atoms with Crippen molar-refractivity contribution >= 4 is 6.03 Å². The van der Waals surface area contributed by atoms with Crippen molar-refractivity contribution in [1.29, 1.82) is 0 Å². The summed E-state index contributed by atoms with van der Waals surface area (Å²) in [7, 11) is 1.69. The SMILES string of the molecule is COc1ccc(CCN2CCN(C(=O)N3CCCC3)CC2)cc1. The first-order valence-corrected chi connectivity index (χ1v) is 8.65. The first-order valence-electron chi connectivity index (χ1n) is 8.65. The second-order valence-electron chi connectivity index (χ2n) is 6.40. The molecule has 1 aromatic rings. The van der Waals surface area contributed by atoms with Gasteiger partial charge in [0.1, 0.15) is 5.75 Å². The number of carbonyl (C=O) groups excluding carboxylic acids is 1. The Morgan fingerprint density at radius 1 is 0.957 bits per heavy atom. The molecule has 2 amide bonds. The summed E-state index contributed by atoms with van der Waals surface area (Å²) >= 11 is 0. The van der Waals surface area contributed by atoms with E-state index in [0.717, 1.165) is 70.8 Å². The number of likely N-dealkylation sites (tertiary alicyclic amines) is 1. The number of carbonyl (C=O) groups is 1. The van der Waals surface area contributed by atoms with Crippen LogP contribution in [0.25, 0.3) is 0 Å². The average molecular weight is 317 g/mol. The number of benzene rings is 1. The van der Waals surface area contributed by atoms with Crippen molar-refractivity contribution < 1.29 is 9.53 Å². The molecule has 0 unspecified atom stereocenters. The third-order valence-electron chi connectivity index (χ3n) is 4.90. The van der Waals surface area contributed by atoms with Gasteiger partial charge >= 0.3 is 6.03 Å². The van der Waals surface area contributed by atoms with E-state index in [1.165, 1.54) is 5.56 Å². The van der Waals surface area contributed by atoms with Crippen molar-refractivity contribution in [3.63, 3.8) is 0 Å². The van der Waals surface area contributed by atoms with E-state index >= 15 is 0 Å². The van der Waals surface area contributed by atoms with Crippen molar-refractivity contribution in [3.8, 4) is 5.75 Å². The molecule has 0 N–H and O–H groups in total. The molecule has 0 aromatic heterocycles. The number of hydrogen-bond donors (Lipinski definition) is 0. The molecule has 23 heavy (non-hydrogen) atoms. The molecule has 0 bridgehead atoms. The minimum absolute atomic E-state index is 0.248. The second-order valence-corrected chi connectivity index (χ2v) is 6.40. The highest BCUT2D eigenvalue weighted by Crippen LogP contribution is 2.14. The summed E-state index contributed by atoms with van der Waals surface area (Å²) < 4.78 is 5.19. The molecule has 5 nitrogen and oxygen atoms in total. The number of urea groups is 1. The van der Waals surface area contributed by atoms with Crippen molar-refractivity contribution in [2.75, 3.05) is 52.9 Å². The quantitative estimate of drug-likeness (QED) is 0.853. The Morgan fingerprint density at radius 2 is 1.57 bits per heavy atom. The zero-order valence-corrected chi connectivity index (χ0v) is 14.0. The third kappa shape index (κ3) is 4.16. The minimum Gasteiger partial charge on any atom is -0.497 e. The monoisotopic (exact) mass is 317 g/mol. The molecule has 0 aliphatic carbocycles. The Hall–Kier alpha value is -1.75. The van der Waals surface area contributed by atoms with E-state index in [0.29, 0.717) is 0 Å². The maximum absolute atomic E-state index is 12.4. The van der Waals surface area contributed by atoms with Crippen LogP contribution in [0.4, 0.5) is 4.79 Å². The lowest BCUT2D eigenvalue weighted by Gasteiger charge is -2.36. The number of amides is 2. The van der Waals surface area contributed by atoms with Crippen LogP contribution in [0.3, 0.4) is 0 Å². The molecule has 2 aliphatic rings. The highest BCUT2D eigenvalue weighted by Gasteiger charge is 2.26. The molecule has 3 rings (SSSR count). The van der Waals surface area contributed by atoms with Crippen molar-refractivity contribution in [3.05, 3.63) is 29.8 Å². The molecule has 2 saturated heterocycles. The van der Waals surface area contributed by atoms with Crippen molar-refractivity contribution in [2.24, 2.45) is 0 Å². The number of methoxy groups -OCH3 is 1. The Morgan fingerprint density at radius 3 is 2.17 bits per heavy atom. The number of piperazine rings is 1. The van der Waals surface area contributed by atoms with Crippen LogP contribution in [-0.2, 0) is 6.42 Å². The van der Waals surface area contributed by atoms with Gasteiger partial charge in [0.05, 0.1) is 7.11 Å². The maximum atomic E-state index is 12.4. The first-order chi connectivity index (χ1) is 11.3. The number of nitrogens with zero attached hydrogens (tertiary/aromatic N) is 3. The summed E-state index contributed by atoms with van der Waals surface area (Å²) in [6, 6.07) is 8.54. The fourth-order valence-corrected chi connectivity index (χ4v) is 3.35. The molecular formula is C18H27N3O2. The molecule has 126 valence electrons. The van der Waals surface area contributed by atoms with Crippen LogP contribution < -0.4 is 4.74 Å². The van der Waals surface area contributed by atoms with Gasteiger partial charge in [-0.05, 0) is 37.0 Å². The number of ether oxygens (including phenoxy) is 1. The van der Waals surface area contributed by atoms with E-state index in [-0.39, 0.29) is 6.03 Å². The normalized spacial score (nSPS) is 19.2. The predicted molar refractivity (Wildman–Crippen MR) is 90.9 cm³/mol. The van der Waals surface area contributed by atoms with Crippen LogP contribution in [0.5, 0.6) is 5.75 Å². The summed E-state index contributed by atoms with van der Waals surface area (Å²) in [5.41, 5.74) is 1.33. The fourth-order valence-electron chi connectivity index (χ4n) is 3.35. The van der Waals surface area contributed by atoms with Gasteiger partial charge in [-0.1, -0.05) is 12.1 Å². The number of hydrogen-bond acceptors (Lipinski definition) is 3. The number of rotatable bonds is 4. The lowest BCUT2D eigenvalue weighted by molar-refractivity contribution is 0.119. The highest BCUT2D eigenvalue weighted by atomic mass is 16.5. The van der Waals surface area contributed by atoms with Gasteiger partial charge in [-0.15, -0.1) is 0 Å². The zero-order valence-electron chi connectivity index (χ0n) is 14.0. The average Bonchev–Trinajstić information content (AvgIpc) is 3.15. The lowest BCUT2D eigenvalue weighted by atomic mass is 10.1. The molecule has 2 aliphatic heterocycles. The minimum atomic E-state index is 0.248. The zero-order chi connectivity index (χ0) is 16.1. The standard InChI is InChI=1S/C18H27N3O2/c1-23-17-6-4-16(5-7-17)8-11-19-12-14-21(15-13-19)18(22)20-9-2-3-10-20/h4-7H,2-3,8-15H2,1H3. The van der Waals surface area contributed by atoms with Gasteiger partial charge in [-0.3, -0.25) is 4.90 Å². The van der Waals surface area contributed by atoms with Crippen molar-refractivity contribution in [2.45, 2.75) is 19.3 Å². The molecule has 2 heterocycles. The molecular weight excluding hydrogens is 290 g/mol. The Bertz CT molecular complexity index is 504. The Kier molecular flexibility index (Phi) is 5.39. The molecule has 0 radical (unpaired) electrons. The topological polar surface area (TPSA) is 36.0 Å². The highest BCUT2D eigenvalue weighted by molar-refractivity contribution is 5.74. The summed E-state index contributed by atoms with van der Waals surface area (Å²) in [6.45, 7) is 6.62. The molecule has 2 fully saturated rings. The second kappa shape index (κ2) is 7.68. The van der Waals surface area contributed by atoms with Gasteiger partial charge in [-0.2, -0.15) is 0 Å². The molecule has 0 saturated carbocycles. The van der Waals surface area contributed by atoms with Gasteiger partial charge in [0, 0.05) is 45.8 Å². The summed E-state index contributed by atoms with van der Waals surface area (Å²) in [5, 5.41) is 0. The Labute approximate surface area is 138 Å². The molecule has 5 heteroatoms. The maximum Gasteiger partial charge on any atom is 0.320 e. The van der Waals surface area contributed by atoms with Crippen LogP contribution in [0.1, 0.15) is 18.4 Å². The summed E-state index contributed by atoms with van der Waals surface area (Å²) in [4.78, 5) is 18.9.